The number of para-hydroxylation sites is 1. The van der Waals surface area contributed by atoms with Gasteiger partial charge in [-0.3, -0.25) is 0 Å². The van der Waals surface area contributed by atoms with Gasteiger partial charge in [-0.05, 0) is 36.8 Å². The van der Waals surface area contributed by atoms with Crippen LogP contribution in [0.25, 0.3) is 0 Å². The van der Waals surface area contributed by atoms with Crippen LogP contribution in [0.5, 0.6) is 11.5 Å². The van der Waals surface area contributed by atoms with E-state index in [1.54, 1.807) is 7.11 Å². The Morgan fingerprint density at radius 1 is 1.00 bits per heavy atom. The molecule has 0 aliphatic carbocycles. The number of rotatable bonds is 7. The van der Waals surface area contributed by atoms with E-state index in [2.05, 4.69) is 17.4 Å². The van der Waals surface area contributed by atoms with E-state index < -0.39 is 0 Å². The van der Waals surface area contributed by atoms with E-state index in [1.165, 1.54) is 5.56 Å². The van der Waals surface area contributed by atoms with Gasteiger partial charge >= 0.3 is 0 Å². The maximum absolute atomic E-state index is 5.82. The van der Waals surface area contributed by atoms with Crippen LogP contribution < -0.4 is 10.1 Å². The van der Waals surface area contributed by atoms with E-state index in [0.717, 1.165) is 24.6 Å². The molecule has 2 rings (SSSR count). The lowest BCUT2D eigenvalue weighted by Crippen LogP contribution is -2.25. The molecule has 1 N–H and O–H groups in total. The molecule has 0 saturated carbocycles. The van der Waals surface area contributed by atoms with Crippen molar-refractivity contribution >= 4 is 0 Å². The Hall–Kier alpha value is -1.84. The van der Waals surface area contributed by atoms with Crippen molar-refractivity contribution in [3.05, 3.63) is 60.2 Å². The highest BCUT2D eigenvalue weighted by molar-refractivity contribution is 5.33. The zero-order valence-corrected chi connectivity index (χ0v) is 12.0. The Morgan fingerprint density at radius 2 is 1.75 bits per heavy atom. The number of methoxy groups -OCH3 is 1. The SMILES string of the molecule is COC(C)CNCc1cccc(Oc2ccccc2)c1. The predicted octanol–water partition coefficient (Wildman–Crippen LogP) is 3.60. The Kier molecular flexibility index (Phi) is 5.59. The van der Waals surface area contributed by atoms with E-state index in [1.807, 2.05) is 49.4 Å². The van der Waals surface area contributed by atoms with Gasteiger partial charge in [0.25, 0.3) is 0 Å². The molecule has 2 aromatic carbocycles. The zero-order valence-electron chi connectivity index (χ0n) is 12.0. The largest absolute Gasteiger partial charge is 0.457 e. The molecule has 3 nitrogen and oxygen atoms in total. The number of benzene rings is 2. The Bertz CT molecular complexity index is 513. The first kappa shape index (κ1) is 14.6. The van der Waals surface area contributed by atoms with Gasteiger partial charge in [-0.15, -0.1) is 0 Å². The maximum atomic E-state index is 5.82. The first-order valence-electron chi connectivity index (χ1n) is 6.83. The Labute approximate surface area is 120 Å². The number of nitrogens with one attached hydrogen (secondary N) is 1. The summed E-state index contributed by atoms with van der Waals surface area (Å²) in [7, 11) is 1.72. The van der Waals surface area contributed by atoms with Gasteiger partial charge in [0.15, 0.2) is 0 Å². The van der Waals surface area contributed by atoms with Gasteiger partial charge in [-0.25, -0.2) is 0 Å². The van der Waals surface area contributed by atoms with Crippen LogP contribution >= 0.6 is 0 Å². The van der Waals surface area contributed by atoms with Gasteiger partial charge in [0.2, 0.25) is 0 Å². The van der Waals surface area contributed by atoms with Gasteiger partial charge in [-0.2, -0.15) is 0 Å². The average molecular weight is 271 g/mol. The van der Waals surface area contributed by atoms with Crippen LogP contribution in [0.4, 0.5) is 0 Å². The van der Waals surface area contributed by atoms with E-state index in [0.29, 0.717) is 0 Å². The summed E-state index contributed by atoms with van der Waals surface area (Å²) in [5.74, 6) is 1.71. The monoisotopic (exact) mass is 271 g/mol. The van der Waals surface area contributed by atoms with E-state index >= 15 is 0 Å². The lowest BCUT2D eigenvalue weighted by molar-refractivity contribution is 0.117. The predicted molar refractivity (Wildman–Crippen MR) is 81.1 cm³/mol. The molecule has 3 heteroatoms. The first-order chi connectivity index (χ1) is 9.78. The molecule has 0 amide bonds. The molecule has 0 aliphatic rings. The van der Waals surface area contributed by atoms with E-state index in [4.69, 9.17) is 9.47 Å². The fourth-order valence-electron chi connectivity index (χ4n) is 1.85. The molecule has 0 bridgehead atoms. The van der Waals surface area contributed by atoms with Crippen molar-refractivity contribution in [1.82, 2.24) is 5.32 Å². The van der Waals surface area contributed by atoms with Gasteiger partial charge in [0.05, 0.1) is 6.10 Å². The van der Waals surface area contributed by atoms with Gasteiger partial charge in [0.1, 0.15) is 11.5 Å². The van der Waals surface area contributed by atoms with Crippen LogP contribution in [0.15, 0.2) is 54.6 Å². The quantitative estimate of drug-likeness (QED) is 0.834. The summed E-state index contributed by atoms with van der Waals surface area (Å²) < 4.78 is 11.0. The summed E-state index contributed by atoms with van der Waals surface area (Å²) in [6.45, 7) is 3.68. The second-order valence-corrected chi connectivity index (χ2v) is 4.74. The van der Waals surface area contributed by atoms with Crippen LogP contribution in [0.1, 0.15) is 12.5 Å². The summed E-state index contributed by atoms with van der Waals surface area (Å²) in [5.41, 5.74) is 1.20. The van der Waals surface area contributed by atoms with Gasteiger partial charge in [0, 0.05) is 20.2 Å². The van der Waals surface area contributed by atoms with Crippen LogP contribution in [0.3, 0.4) is 0 Å². The van der Waals surface area contributed by atoms with Crippen LogP contribution in [-0.4, -0.2) is 19.8 Å². The van der Waals surface area contributed by atoms with Crippen LogP contribution in [-0.2, 0) is 11.3 Å². The molecular formula is C17H21NO2. The van der Waals surface area contributed by atoms with E-state index in [-0.39, 0.29) is 6.10 Å². The highest BCUT2D eigenvalue weighted by atomic mass is 16.5. The molecule has 20 heavy (non-hydrogen) atoms. The molecule has 106 valence electrons. The molecule has 0 spiro atoms. The smallest absolute Gasteiger partial charge is 0.127 e. The second kappa shape index (κ2) is 7.68. The van der Waals surface area contributed by atoms with Gasteiger partial charge in [-0.1, -0.05) is 30.3 Å². The summed E-state index contributed by atoms with van der Waals surface area (Å²) in [6.07, 6.45) is 0.221. The molecule has 0 aromatic heterocycles. The molecule has 0 fully saturated rings. The van der Waals surface area contributed by atoms with E-state index in [9.17, 15) is 0 Å². The molecule has 1 unspecified atom stereocenters. The molecular weight excluding hydrogens is 250 g/mol. The average Bonchev–Trinajstić information content (AvgIpc) is 2.48. The standard InChI is InChI=1S/C17H21NO2/c1-14(19-2)12-18-13-15-7-6-10-17(11-15)20-16-8-4-3-5-9-16/h3-11,14,18H,12-13H2,1-2H3. The fourth-order valence-corrected chi connectivity index (χ4v) is 1.85. The van der Waals surface area contributed by atoms with Crippen molar-refractivity contribution in [1.29, 1.82) is 0 Å². The van der Waals surface area contributed by atoms with Crippen LogP contribution in [0, 0.1) is 0 Å². The highest BCUT2D eigenvalue weighted by Gasteiger charge is 2.01. The summed E-state index contributed by atoms with van der Waals surface area (Å²) >= 11 is 0. The second-order valence-electron chi connectivity index (χ2n) is 4.74. The van der Waals surface area contributed by atoms with Crippen molar-refractivity contribution < 1.29 is 9.47 Å². The molecule has 2 aromatic rings. The van der Waals surface area contributed by atoms with Crippen molar-refractivity contribution in [2.24, 2.45) is 0 Å². The molecule has 1 atom stereocenters. The lowest BCUT2D eigenvalue weighted by Gasteiger charge is -2.11. The molecule has 0 radical (unpaired) electrons. The summed E-state index contributed by atoms with van der Waals surface area (Å²) in [6, 6.07) is 17.9. The van der Waals surface area contributed by atoms with Gasteiger partial charge < -0.3 is 14.8 Å². The third-order valence-electron chi connectivity index (χ3n) is 3.04. The third-order valence-corrected chi connectivity index (χ3v) is 3.04. The summed E-state index contributed by atoms with van der Waals surface area (Å²) in [5, 5.41) is 3.36. The highest BCUT2D eigenvalue weighted by Crippen LogP contribution is 2.21. The van der Waals surface area contributed by atoms with Crippen molar-refractivity contribution in [2.75, 3.05) is 13.7 Å². The molecule has 0 aliphatic heterocycles. The Morgan fingerprint density at radius 3 is 2.50 bits per heavy atom. The topological polar surface area (TPSA) is 30.5 Å². The first-order valence-corrected chi connectivity index (χ1v) is 6.83. The fraction of sp³-hybridized carbons (Fsp3) is 0.294. The summed E-state index contributed by atoms with van der Waals surface area (Å²) in [4.78, 5) is 0. The third kappa shape index (κ3) is 4.68. The number of ether oxygens (including phenoxy) is 2. The Balaban J connectivity index is 1.91. The minimum Gasteiger partial charge on any atom is -0.457 e. The minimum absolute atomic E-state index is 0.221. The van der Waals surface area contributed by atoms with Crippen molar-refractivity contribution in [3.8, 4) is 11.5 Å². The lowest BCUT2D eigenvalue weighted by atomic mass is 10.2. The minimum atomic E-state index is 0.221. The zero-order chi connectivity index (χ0) is 14.2. The van der Waals surface area contributed by atoms with Crippen molar-refractivity contribution in [3.63, 3.8) is 0 Å². The number of hydrogen-bond donors (Lipinski definition) is 1. The molecule has 0 heterocycles. The van der Waals surface area contributed by atoms with Crippen LogP contribution in [0.2, 0.25) is 0 Å². The number of hydrogen-bond acceptors (Lipinski definition) is 3. The normalized spacial score (nSPS) is 12.1. The maximum Gasteiger partial charge on any atom is 0.127 e. The van der Waals surface area contributed by atoms with Crippen molar-refractivity contribution in [2.45, 2.75) is 19.6 Å². The molecule has 0 saturated heterocycles.